The molecule has 0 unspecified atom stereocenters. The summed E-state index contributed by atoms with van der Waals surface area (Å²) in [6.45, 7) is 2.11. The van der Waals surface area contributed by atoms with Crippen LogP contribution in [0.1, 0.15) is 35.7 Å². The van der Waals surface area contributed by atoms with Crippen LogP contribution in [0.5, 0.6) is 11.5 Å². The molecule has 0 bridgehead atoms. The van der Waals surface area contributed by atoms with Crippen molar-refractivity contribution in [3.8, 4) is 11.5 Å². The number of amides is 1. The van der Waals surface area contributed by atoms with Crippen LogP contribution >= 0.6 is 12.4 Å². The predicted molar refractivity (Wildman–Crippen MR) is 95.4 cm³/mol. The van der Waals surface area contributed by atoms with Gasteiger partial charge in [-0.15, -0.1) is 12.4 Å². The first-order chi connectivity index (χ1) is 10.1. The van der Waals surface area contributed by atoms with Crippen molar-refractivity contribution in [3.63, 3.8) is 0 Å². The monoisotopic (exact) mass is 338 g/mol. The van der Waals surface area contributed by atoms with E-state index in [1.807, 2.05) is 36.4 Å². The number of nitrogens with two attached hydrogens (primary N) is 2. The fourth-order valence-electron chi connectivity index (χ4n) is 2.18. The molecule has 126 valence electrons. The number of nitrogen functional groups attached to an aromatic ring is 1. The van der Waals surface area contributed by atoms with Gasteiger partial charge in [0.05, 0.1) is 5.56 Å². The number of hydrogen-bond acceptors (Lipinski definition) is 3. The van der Waals surface area contributed by atoms with Crippen molar-refractivity contribution >= 4 is 24.0 Å². The molecule has 0 aliphatic heterocycles. The molecule has 2 aromatic rings. The Balaban J connectivity index is 0.00000242. The van der Waals surface area contributed by atoms with E-state index < -0.39 is 5.91 Å². The molecule has 0 aliphatic rings. The highest BCUT2D eigenvalue weighted by Gasteiger charge is 2.16. The molecule has 0 spiro atoms. The van der Waals surface area contributed by atoms with E-state index in [-0.39, 0.29) is 17.9 Å². The highest BCUT2D eigenvalue weighted by molar-refractivity contribution is 5.97. The molecule has 0 saturated heterocycles. The third-order valence-electron chi connectivity index (χ3n) is 3.22. The summed E-state index contributed by atoms with van der Waals surface area (Å²) in [5, 5.41) is 0. The van der Waals surface area contributed by atoms with Crippen molar-refractivity contribution in [2.24, 2.45) is 5.73 Å². The second kappa shape index (κ2) is 9.71. The molecule has 0 heterocycles. The van der Waals surface area contributed by atoms with Crippen LogP contribution in [0.4, 0.5) is 5.69 Å². The fraction of sp³-hybridized carbons (Fsp3) is 0.235. The summed E-state index contributed by atoms with van der Waals surface area (Å²) < 4.78 is 5.90. The van der Waals surface area contributed by atoms with Gasteiger partial charge in [0.25, 0.3) is 5.91 Å². The quantitative estimate of drug-likeness (QED) is 0.789. The number of carbonyl (C=O) groups excluding carboxylic acids is 1. The summed E-state index contributed by atoms with van der Waals surface area (Å²) in [5.74, 6) is 0.643. The van der Waals surface area contributed by atoms with Crippen molar-refractivity contribution in [3.05, 3.63) is 53.6 Å². The van der Waals surface area contributed by atoms with E-state index in [0.717, 1.165) is 24.8 Å². The van der Waals surface area contributed by atoms with E-state index in [9.17, 15) is 4.79 Å². The Kier molecular flexibility index (Phi) is 8.77. The van der Waals surface area contributed by atoms with Gasteiger partial charge in [0.1, 0.15) is 11.5 Å². The van der Waals surface area contributed by atoms with E-state index in [4.69, 9.17) is 16.2 Å². The first kappa shape index (κ1) is 20.8. The van der Waals surface area contributed by atoms with Crippen molar-refractivity contribution in [2.75, 3.05) is 5.73 Å². The molecule has 0 fully saturated rings. The summed E-state index contributed by atoms with van der Waals surface area (Å²) in [7, 11) is 0. The van der Waals surface area contributed by atoms with Crippen LogP contribution < -0.4 is 16.2 Å². The van der Waals surface area contributed by atoms with Crippen LogP contribution in [-0.4, -0.2) is 11.4 Å². The molecule has 0 saturated carbocycles. The summed E-state index contributed by atoms with van der Waals surface area (Å²) in [5.41, 5.74) is 13.1. The molecule has 2 rings (SSSR count). The van der Waals surface area contributed by atoms with E-state index in [0.29, 0.717) is 22.7 Å². The van der Waals surface area contributed by atoms with Gasteiger partial charge in [0.15, 0.2) is 0 Å². The van der Waals surface area contributed by atoms with Crippen LogP contribution in [0.3, 0.4) is 0 Å². The molecule has 5 nitrogen and oxygen atoms in total. The Bertz CT molecular complexity index is 633. The van der Waals surface area contributed by atoms with Crippen molar-refractivity contribution < 1.29 is 15.0 Å². The largest absolute Gasteiger partial charge is 0.456 e. The summed E-state index contributed by atoms with van der Waals surface area (Å²) in [4.78, 5) is 11.7. The lowest BCUT2D eigenvalue weighted by atomic mass is 10.0. The second-order valence-electron chi connectivity index (χ2n) is 4.94. The number of ether oxygens (including phenoxy) is 1. The van der Waals surface area contributed by atoms with E-state index >= 15 is 0 Å². The normalized spacial score (nSPS) is 9.43. The van der Waals surface area contributed by atoms with Crippen molar-refractivity contribution in [1.82, 2.24) is 0 Å². The molecule has 2 aromatic carbocycles. The van der Waals surface area contributed by atoms with Gasteiger partial charge < -0.3 is 21.7 Å². The molecule has 0 aromatic heterocycles. The van der Waals surface area contributed by atoms with Crippen LogP contribution in [0, 0.1) is 0 Å². The molecular formula is C17H23ClN2O3. The Morgan fingerprint density at radius 2 is 1.83 bits per heavy atom. The Hall–Kier alpha value is -2.24. The summed E-state index contributed by atoms with van der Waals surface area (Å²) in [6.07, 6.45) is 2.84. The van der Waals surface area contributed by atoms with Gasteiger partial charge in [0, 0.05) is 5.69 Å². The van der Waals surface area contributed by atoms with Gasteiger partial charge in [0.2, 0.25) is 0 Å². The van der Waals surface area contributed by atoms with Gasteiger partial charge in [-0.05, 0) is 42.7 Å². The number of carbonyl (C=O) groups is 1. The maximum absolute atomic E-state index is 11.7. The minimum atomic E-state index is -0.536. The number of unbranched alkanes of at least 4 members (excludes halogenated alkanes) is 1. The molecule has 23 heavy (non-hydrogen) atoms. The number of aryl methyl sites for hydroxylation is 1. The first-order valence-corrected chi connectivity index (χ1v) is 7.07. The molecule has 1 amide bonds. The Labute approximate surface area is 142 Å². The highest BCUT2D eigenvalue weighted by Crippen LogP contribution is 2.32. The standard InChI is InChI=1S/C17H20N2O2.ClH.H2O/c1-2-3-7-12-10-13(18)11-15(17(19)20)16(12)21-14-8-5-4-6-9-14;;/h4-6,8-11H,2-3,7,18H2,1H3,(H2,19,20);1H;1H2. The smallest absolute Gasteiger partial charge is 0.252 e. The third-order valence-corrected chi connectivity index (χ3v) is 3.22. The van der Waals surface area contributed by atoms with Gasteiger partial charge in [-0.2, -0.15) is 0 Å². The zero-order valence-electron chi connectivity index (χ0n) is 13.0. The number of benzene rings is 2. The maximum Gasteiger partial charge on any atom is 0.252 e. The lowest BCUT2D eigenvalue weighted by Gasteiger charge is -2.15. The molecular weight excluding hydrogens is 316 g/mol. The van der Waals surface area contributed by atoms with Crippen molar-refractivity contribution in [1.29, 1.82) is 0 Å². The predicted octanol–water partition coefficient (Wildman–Crippen LogP) is 3.10. The topological polar surface area (TPSA) is 110 Å². The average Bonchev–Trinajstić information content (AvgIpc) is 2.47. The Morgan fingerprint density at radius 1 is 1.17 bits per heavy atom. The van der Waals surface area contributed by atoms with E-state index in [1.54, 1.807) is 6.07 Å². The molecule has 0 aliphatic carbocycles. The lowest BCUT2D eigenvalue weighted by molar-refractivity contribution is 0.0998. The minimum Gasteiger partial charge on any atom is -0.456 e. The van der Waals surface area contributed by atoms with E-state index in [2.05, 4.69) is 6.92 Å². The number of halogens is 1. The average molecular weight is 339 g/mol. The second-order valence-corrected chi connectivity index (χ2v) is 4.94. The van der Waals surface area contributed by atoms with Gasteiger partial charge in [-0.25, -0.2) is 0 Å². The lowest BCUT2D eigenvalue weighted by Crippen LogP contribution is -2.14. The van der Waals surface area contributed by atoms with Crippen LogP contribution in [0.2, 0.25) is 0 Å². The van der Waals surface area contributed by atoms with Gasteiger partial charge >= 0.3 is 0 Å². The van der Waals surface area contributed by atoms with Gasteiger partial charge in [-0.1, -0.05) is 31.5 Å². The Morgan fingerprint density at radius 3 is 2.39 bits per heavy atom. The summed E-state index contributed by atoms with van der Waals surface area (Å²) >= 11 is 0. The molecule has 6 heteroatoms. The van der Waals surface area contributed by atoms with Crippen LogP contribution in [0.15, 0.2) is 42.5 Å². The summed E-state index contributed by atoms with van der Waals surface area (Å²) in [6, 6.07) is 12.7. The molecule has 0 radical (unpaired) electrons. The number of rotatable bonds is 6. The number of primary amides is 1. The van der Waals surface area contributed by atoms with Crippen LogP contribution in [0.25, 0.3) is 0 Å². The fourth-order valence-corrected chi connectivity index (χ4v) is 2.18. The highest BCUT2D eigenvalue weighted by atomic mass is 35.5. The maximum atomic E-state index is 11.7. The number of hydrogen-bond donors (Lipinski definition) is 2. The zero-order valence-corrected chi connectivity index (χ0v) is 13.9. The molecule has 6 N–H and O–H groups in total. The van der Waals surface area contributed by atoms with Gasteiger partial charge in [-0.3, -0.25) is 4.79 Å². The third kappa shape index (κ3) is 5.47. The van der Waals surface area contributed by atoms with Crippen molar-refractivity contribution in [2.45, 2.75) is 26.2 Å². The number of para-hydroxylation sites is 1. The van der Waals surface area contributed by atoms with E-state index in [1.165, 1.54) is 0 Å². The SMILES string of the molecule is CCCCc1cc(N)cc(C(N)=O)c1Oc1ccccc1.Cl.O. The molecule has 0 atom stereocenters. The number of anilines is 1. The minimum absolute atomic E-state index is 0. The van der Waals surface area contributed by atoms with Crippen LogP contribution in [-0.2, 0) is 6.42 Å². The first-order valence-electron chi connectivity index (χ1n) is 7.07. The zero-order chi connectivity index (χ0) is 15.2.